The van der Waals surface area contributed by atoms with Crippen LogP contribution in [-0.4, -0.2) is 15.2 Å². The van der Waals surface area contributed by atoms with Gasteiger partial charge in [-0.25, -0.2) is 9.37 Å². The van der Waals surface area contributed by atoms with E-state index in [9.17, 15) is 4.39 Å². The molecule has 3 rings (SSSR count). The summed E-state index contributed by atoms with van der Waals surface area (Å²) in [7, 11) is 0. The summed E-state index contributed by atoms with van der Waals surface area (Å²) in [6.45, 7) is 2.22. The van der Waals surface area contributed by atoms with Crippen LogP contribution in [0.1, 0.15) is 17.0 Å². The zero-order valence-electron chi connectivity index (χ0n) is 12.9. The van der Waals surface area contributed by atoms with Crippen molar-refractivity contribution in [2.24, 2.45) is 0 Å². The van der Waals surface area contributed by atoms with E-state index >= 15 is 0 Å². The van der Waals surface area contributed by atoms with Crippen LogP contribution in [0.3, 0.4) is 0 Å². The number of benzene rings is 2. The van der Waals surface area contributed by atoms with Gasteiger partial charge in [-0.05, 0) is 48.4 Å². The molecular weight excluding hydrogens is 349 g/mol. The highest BCUT2D eigenvalue weighted by atomic mass is 35.5. The molecule has 124 valence electrons. The Morgan fingerprint density at radius 2 is 2.00 bits per heavy atom. The normalized spacial score (nSPS) is 10.8. The summed E-state index contributed by atoms with van der Waals surface area (Å²) < 4.78 is 18.5. The van der Waals surface area contributed by atoms with Crippen LogP contribution in [0.5, 0.6) is 5.75 Å². The Morgan fingerprint density at radius 1 is 1.21 bits per heavy atom. The largest absolute Gasteiger partial charge is 0.486 e. The smallest absolute Gasteiger partial charge is 0.208 e. The van der Waals surface area contributed by atoms with Crippen molar-refractivity contribution in [2.45, 2.75) is 24.4 Å². The Labute approximate surface area is 148 Å². The first-order valence-electron chi connectivity index (χ1n) is 7.27. The second-order valence-electron chi connectivity index (χ2n) is 5.18. The molecule has 2 aromatic carbocycles. The van der Waals surface area contributed by atoms with E-state index in [1.165, 1.54) is 23.9 Å². The second kappa shape index (κ2) is 7.68. The number of ether oxygens (including phenoxy) is 1. The lowest BCUT2D eigenvalue weighted by molar-refractivity contribution is 0.296. The average molecular weight is 364 g/mol. The molecular formula is C17H15ClFN3OS. The number of aromatic nitrogens is 3. The van der Waals surface area contributed by atoms with E-state index in [0.717, 1.165) is 16.9 Å². The van der Waals surface area contributed by atoms with Crippen molar-refractivity contribution in [1.82, 2.24) is 15.2 Å². The molecule has 24 heavy (non-hydrogen) atoms. The Hall–Kier alpha value is -2.05. The molecule has 0 aliphatic rings. The van der Waals surface area contributed by atoms with Crippen LogP contribution in [0.2, 0.25) is 5.02 Å². The number of halogens is 2. The molecule has 0 aliphatic heterocycles. The third kappa shape index (κ3) is 4.49. The van der Waals surface area contributed by atoms with Gasteiger partial charge in [0.2, 0.25) is 5.16 Å². The Balaban J connectivity index is 1.53. The van der Waals surface area contributed by atoms with E-state index in [4.69, 9.17) is 16.3 Å². The van der Waals surface area contributed by atoms with Crippen LogP contribution in [0.4, 0.5) is 4.39 Å². The summed E-state index contributed by atoms with van der Waals surface area (Å²) in [4.78, 5) is 4.37. The van der Waals surface area contributed by atoms with Crippen molar-refractivity contribution in [2.75, 3.05) is 0 Å². The van der Waals surface area contributed by atoms with Gasteiger partial charge in [-0.15, -0.1) is 5.10 Å². The number of rotatable bonds is 6. The van der Waals surface area contributed by atoms with Gasteiger partial charge in [0, 0.05) is 10.8 Å². The number of nitrogens with zero attached hydrogens (tertiary/aromatic N) is 2. The minimum atomic E-state index is -0.237. The number of nitrogens with one attached hydrogen (secondary N) is 1. The van der Waals surface area contributed by atoms with Gasteiger partial charge in [0.15, 0.2) is 5.82 Å². The van der Waals surface area contributed by atoms with Crippen molar-refractivity contribution in [3.63, 3.8) is 0 Å². The molecule has 3 aromatic rings. The molecule has 7 heteroatoms. The van der Waals surface area contributed by atoms with E-state index in [1.54, 1.807) is 18.2 Å². The summed E-state index contributed by atoms with van der Waals surface area (Å²) >= 11 is 7.46. The van der Waals surface area contributed by atoms with Gasteiger partial charge in [-0.2, -0.15) is 0 Å². The van der Waals surface area contributed by atoms with Crippen molar-refractivity contribution >= 4 is 23.4 Å². The van der Waals surface area contributed by atoms with Crippen LogP contribution >= 0.6 is 23.4 Å². The monoisotopic (exact) mass is 363 g/mol. The molecule has 1 N–H and O–H groups in total. The molecule has 0 spiro atoms. The predicted molar refractivity (Wildman–Crippen MR) is 92.9 cm³/mol. The Morgan fingerprint density at radius 3 is 2.75 bits per heavy atom. The van der Waals surface area contributed by atoms with Crippen molar-refractivity contribution < 1.29 is 9.13 Å². The Bertz CT molecular complexity index is 823. The SMILES string of the molecule is Cc1cc(OCc2nc(SCc3ccc(F)cc3)n[nH]2)ccc1Cl. The van der Waals surface area contributed by atoms with Gasteiger partial charge in [0.05, 0.1) is 0 Å². The Kier molecular flexibility index (Phi) is 5.37. The first-order chi connectivity index (χ1) is 11.6. The fraction of sp³-hybridized carbons (Fsp3) is 0.176. The first-order valence-corrected chi connectivity index (χ1v) is 8.64. The lowest BCUT2D eigenvalue weighted by atomic mass is 10.2. The van der Waals surface area contributed by atoms with Gasteiger partial charge >= 0.3 is 0 Å². The van der Waals surface area contributed by atoms with Gasteiger partial charge < -0.3 is 4.74 Å². The van der Waals surface area contributed by atoms with E-state index in [1.807, 2.05) is 19.1 Å². The van der Waals surface area contributed by atoms with Gasteiger partial charge in [-0.1, -0.05) is 35.5 Å². The summed E-state index contributed by atoms with van der Waals surface area (Å²) in [6.07, 6.45) is 0. The molecule has 0 unspecified atom stereocenters. The highest BCUT2D eigenvalue weighted by molar-refractivity contribution is 7.98. The van der Waals surface area contributed by atoms with Crippen molar-refractivity contribution in [3.05, 3.63) is 70.3 Å². The maximum absolute atomic E-state index is 12.9. The zero-order valence-corrected chi connectivity index (χ0v) is 14.5. The lowest BCUT2D eigenvalue weighted by Crippen LogP contribution is -1.98. The number of hydrogen-bond donors (Lipinski definition) is 1. The summed E-state index contributed by atoms with van der Waals surface area (Å²) in [5.74, 6) is 1.81. The molecule has 0 saturated heterocycles. The van der Waals surface area contributed by atoms with Crippen LogP contribution < -0.4 is 4.74 Å². The number of thioether (sulfide) groups is 1. The van der Waals surface area contributed by atoms with E-state index in [-0.39, 0.29) is 5.82 Å². The molecule has 0 fully saturated rings. The van der Waals surface area contributed by atoms with Crippen LogP contribution in [0, 0.1) is 12.7 Å². The molecule has 0 atom stereocenters. The van der Waals surface area contributed by atoms with Gasteiger partial charge in [0.25, 0.3) is 0 Å². The van der Waals surface area contributed by atoms with E-state index in [0.29, 0.717) is 28.4 Å². The number of aryl methyl sites for hydroxylation is 1. The maximum atomic E-state index is 12.9. The quantitative estimate of drug-likeness (QED) is 0.640. The predicted octanol–water partition coefficient (Wildman–Crippen LogP) is 4.78. The molecule has 4 nitrogen and oxygen atoms in total. The van der Waals surface area contributed by atoms with Crippen LogP contribution in [-0.2, 0) is 12.4 Å². The van der Waals surface area contributed by atoms with Crippen molar-refractivity contribution in [3.8, 4) is 5.75 Å². The lowest BCUT2D eigenvalue weighted by Gasteiger charge is -2.05. The molecule has 0 saturated carbocycles. The minimum Gasteiger partial charge on any atom is -0.486 e. The number of aromatic amines is 1. The molecule has 0 radical (unpaired) electrons. The fourth-order valence-corrected chi connectivity index (χ4v) is 2.88. The highest BCUT2D eigenvalue weighted by Crippen LogP contribution is 2.22. The summed E-state index contributed by atoms with van der Waals surface area (Å²) in [6, 6.07) is 11.9. The molecule has 1 aromatic heterocycles. The van der Waals surface area contributed by atoms with Crippen LogP contribution in [0.15, 0.2) is 47.6 Å². The third-order valence-electron chi connectivity index (χ3n) is 3.30. The van der Waals surface area contributed by atoms with Crippen LogP contribution in [0.25, 0.3) is 0 Å². The number of H-pyrrole nitrogens is 1. The fourth-order valence-electron chi connectivity index (χ4n) is 1.99. The van der Waals surface area contributed by atoms with Crippen molar-refractivity contribution in [1.29, 1.82) is 0 Å². The molecule has 0 amide bonds. The van der Waals surface area contributed by atoms with Gasteiger partial charge in [0.1, 0.15) is 18.2 Å². The summed E-state index contributed by atoms with van der Waals surface area (Å²) in [5.41, 5.74) is 1.97. The van der Waals surface area contributed by atoms with Gasteiger partial charge in [-0.3, -0.25) is 5.10 Å². The standard InChI is InChI=1S/C17H15ClFN3OS/c1-11-8-14(6-7-15(11)18)23-9-16-20-17(22-21-16)24-10-12-2-4-13(19)5-3-12/h2-8H,9-10H2,1H3,(H,20,21,22). The first kappa shape index (κ1) is 16.8. The maximum Gasteiger partial charge on any atom is 0.208 e. The zero-order chi connectivity index (χ0) is 16.9. The summed E-state index contributed by atoms with van der Waals surface area (Å²) in [5, 5.41) is 8.34. The second-order valence-corrected chi connectivity index (χ2v) is 6.53. The van der Waals surface area contributed by atoms with E-state index < -0.39 is 0 Å². The average Bonchev–Trinajstić information content (AvgIpc) is 3.03. The highest BCUT2D eigenvalue weighted by Gasteiger charge is 2.06. The molecule has 1 heterocycles. The number of hydrogen-bond acceptors (Lipinski definition) is 4. The minimum absolute atomic E-state index is 0.237. The van der Waals surface area contributed by atoms with E-state index in [2.05, 4.69) is 15.2 Å². The molecule has 0 aliphatic carbocycles. The third-order valence-corrected chi connectivity index (χ3v) is 4.64. The topological polar surface area (TPSA) is 50.8 Å². The molecule has 0 bridgehead atoms.